The van der Waals surface area contributed by atoms with Gasteiger partial charge in [0.15, 0.2) is 0 Å². The molecule has 2 aromatic heterocycles. The summed E-state index contributed by atoms with van der Waals surface area (Å²) in [7, 11) is 0. The lowest BCUT2D eigenvalue weighted by atomic mass is 10.0. The van der Waals surface area contributed by atoms with Gasteiger partial charge in [0.05, 0.1) is 27.7 Å². The molecular formula is C34H33F3N6O. The summed E-state index contributed by atoms with van der Waals surface area (Å²) in [5.74, 6) is 1.18. The minimum absolute atomic E-state index is 0.0292. The fourth-order valence-electron chi connectivity index (χ4n) is 6.45. The van der Waals surface area contributed by atoms with Crippen LogP contribution in [0.5, 0.6) is 0 Å². The molecule has 0 unspecified atom stereocenters. The fourth-order valence-corrected chi connectivity index (χ4v) is 6.45. The van der Waals surface area contributed by atoms with E-state index >= 15 is 0 Å². The van der Waals surface area contributed by atoms with E-state index in [1.165, 1.54) is 25.0 Å². The molecule has 5 aromatic rings. The molecule has 7 nitrogen and oxygen atoms in total. The maximum absolute atomic E-state index is 14.3. The number of pyridine rings is 1. The van der Waals surface area contributed by atoms with E-state index in [1.54, 1.807) is 6.07 Å². The molecule has 1 atom stereocenters. The number of benzene rings is 3. The van der Waals surface area contributed by atoms with E-state index in [0.717, 1.165) is 66.6 Å². The molecule has 2 aliphatic heterocycles. The lowest BCUT2D eigenvalue weighted by Gasteiger charge is -2.29. The van der Waals surface area contributed by atoms with Crippen LogP contribution in [0.25, 0.3) is 33.3 Å². The molecule has 0 saturated carbocycles. The van der Waals surface area contributed by atoms with E-state index in [-0.39, 0.29) is 18.5 Å². The minimum atomic E-state index is -4.38. The number of H-pyrrole nitrogens is 1. The number of para-hydroxylation sites is 2. The van der Waals surface area contributed by atoms with Crippen LogP contribution < -0.4 is 5.32 Å². The Hall–Kier alpha value is -4.44. The van der Waals surface area contributed by atoms with Gasteiger partial charge in [0, 0.05) is 36.6 Å². The van der Waals surface area contributed by atoms with Crippen molar-refractivity contribution in [3.05, 3.63) is 89.5 Å². The number of rotatable bonds is 7. The number of alkyl halides is 3. The van der Waals surface area contributed by atoms with Crippen LogP contribution in [0, 0.1) is 0 Å². The largest absolute Gasteiger partial charge is 0.416 e. The van der Waals surface area contributed by atoms with Crippen molar-refractivity contribution in [2.24, 2.45) is 0 Å². The highest BCUT2D eigenvalue weighted by molar-refractivity contribution is 6.08. The standard InChI is InChI=1S/C34H33F3N6O/c35-34(36,37)24-12-9-22(10-13-24)20-38-31-19-27(33(44)43-17-5-6-25(43)21-42-15-3-4-16-42)26-18-23(11-14-28(26)39-31)32-40-29-7-1-2-8-30(29)41-32/h1-2,7-14,18-19,25H,3-6,15-17,20-21H2,(H,38,39)(H,40,41)/t25-/m0/s1. The number of likely N-dealkylation sites (tertiary alicyclic amines) is 2. The topological polar surface area (TPSA) is 77.1 Å². The van der Waals surface area contributed by atoms with Gasteiger partial charge >= 0.3 is 6.18 Å². The van der Waals surface area contributed by atoms with Gasteiger partial charge in [-0.15, -0.1) is 0 Å². The van der Waals surface area contributed by atoms with Gasteiger partial charge in [-0.25, -0.2) is 9.97 Å². The first-order valence-corrected chi connectivity index (χ1v) is 15.1. The van der Waals surface area contributed by atoms with Crippen molar-refractivity contribution in [1.82, 2.24) is 24.8 Å². The number of aromatic amines is 1. The van der Waals surface area contributed by atoms with E-state index in [0.29, 0.717) is 34.8 Å². The Morgan fingerprint density at radius 2 is 1.70 bits per heavy atom. The Labute approximate surface area is 253 Å². The number of hydrogen-bond acceptors (Lipinski definition) is 5. The van der Waals surface area contributed by atoms with Crippen molar-refractivity contribution >= 4 is 33.7 Å². The number of carbonyl (C=O) groups is 1. The van der Waals surface area contributed by atoms with Gasteiger partial charge in [0.1, 0.15) is 11.6 Å². The molecule has 10 heteroatoms. The first-order chi connectivity index (χ1) is 21.3. The van der Waals surface area contributed by atoms with Gasteiger partial charge in [-0.2, -0.15) is 13.2 Å². The Morgan fingerprint density at radius 1 is 0.909 bits per heavy atom. The highest BCUT2D eigenvalue weighted by Gasteiger charge is 2.33. The molecule has 2 saturated heterocycles. The van der Waals surface area contributed by atoms with Gasteiger partial charge in [0.25, 0.3) is 5.91 Å². The zero-order valence-corrected chi connectivity index (χ0v) is 24.2. The molecule has 2 N–H and O–H groups in total. The van der Waals surface area contributed by atoms with Gasteiger partial charge in [0.2, 0.25) is 0 Å². The summed E-state index contributed by atoms with van der Waals surface area (Å²) < 4.78 is 39.1. The number of hydrogen-bond donors (Lipinski definition) is 2. The summed E-state index contributed by atoms with van der Waals surface area (Å²) >= 11 is 0. The normalized spacial score (nSPS) is 17.6. The van der Waals surface area contributed by atoms with E-state index in [9.17, 15) is 18.0 Å². The quantitative estimate of drug-likeness (QED) is 0.209. The van der Waals surface area contributed by atoms with Crippen molar-refractivity contribution in [1.29, 1.82) is 0 Å². The number of aromatic nitrogens is 3. The highest BCUT2D eigenvalue weighted by atomic mass is 19.4. The van der Waals surface area contributed by atoms with Crippen molar-refractivity contribution in [2.45, 2.75) is 44.4 Å². The number of anilines is 1. The first kappa shape index (κ1) is 28.3. The lowest BCUT2D eigenvalue weighted by Crippen LogP contribution is -2.42. The summed E-state index contributed by atoms with van der Waals surface area (Å²) in [5.41, 5.74) is 3.84. The minimum Gasteiger partial charge on any atom is -0.366 e. The smallest absolute Gasteiger partial charge is 0.366 e. The molecule has 3 aromatic carbocycles. The number of imidazole rings is 1. The number of carbonyl (C=O) groups excluding carboxylic acids is 1. The molecule has 0 aliphatic carbocycles. The number of nitrogens with zero attached hydrogens (tertiary/aromatic N) is 4. The van der Waals surface area contributed by atoms with Crippen LogP contribution in [0.1, 0.15) is 47.2 Å². The van der Waals surface area contributed by atoms with Crippen LogP contribution in [0.3, 0.4) is 0 Å². The first-order valence-electron chi connectivity index (χ1n) is 15.1. The molecule has 226 valence electrons. The van der Waals surface area contributed by atoms with Crippen molar-refractivity contribution in [2.75, 3.05) is 31.5 Å². The molecule has 4 heterocycles. The molecule has 2 fully saturated rings. The van der Waals surface area contributed by atoms with E-state index < -0.39 is 11.7 Å². The summed E-state index contributed by atoms with van der Waals surface area (Å²) in [4.78, 5) is 31.7. The van der Waals surface area contributed by atoms with Gasteiger partial charge in [-0.1, -0.05) is 24.3 Å². The predicted molar refractivity (Wildman–Crippen MR) is 165 cm³/mol. The second-order valence-electron chi connectivity index (χ2n) is 11.7. The molecule has 0 radical (unpaired) electrons. The molecule has 2 aliphatic rings. The SMILES string of the molecule is O=C(c1cc(NCc2ccc(C(F)(F)F)cc2)nc2ccc(-c3nc4ccccc4[nH]3)cc12)N1CCC[C@H]1CN1CCCC1. The second-order valence-corrected chi connectivity index (χ2v) is 11.7. The van der Waals surface area contributed by atoms with Crippen molar-refractivity contribution < 1.29 is 18.0 Å². The molecule has 0 spiro atoms. The third kappa shape index (κ3) is 5.74. The Kier molecular flexibility index (Phi) is 7.45. The zero-order valence-electron chi connectivity index (χ0n) is 24.2. The van der Waals surface area contributed by atoms with E-state index in [4.69, 9.17) is 9.97 Å². The van der Waals surface area contributed by atoms with Crippen LogP contribution in [-0.2, 0) is 12.7 Å². The van der Waals surface area contributed by atoms with Crippen LogP contribution in [0.4, 0.5) is 19.0 Å². The summed E-state index contributed by atoms with van der Waals surface area (Å²) in [6.07, 6.45) is -0.0298. The maximum Gasteiger partial charge on any atom is 0.416 e. The van der Waals surface area contributed by atoms with Crippen LogP contribution >= 0.6 is 0 Å². The molecule has 44 heavy (non-hydrogen) atoms. The number of fused-ring (bicyclic) bond motifs is 2. The Morgan fingerprint density at radius 3 is 2.48 bits per heavy atom. The molecule has 0 bridgehead atoms. The van der Waals surface area contributed by atoms with Crippen LogP contribution in [0.2, 0.25) is 0 Å². The van der Waals surface area contributed by atoms with Gasteiger partial charge < -0.3 is 20.1 Å². The zero-order chi connectivity index (χ0) is 30.3. The third-order valence-electron chi connectivity index (χ3n) is 8.76. The third-order valence-corrected chi connectivity index (χ3v) is 8.76. The molecular weight excluding hydrogens is 565 g/mol. The summed E-state index contributed by atoms with van der Waals surface area (Å²) in [5, 5.41) is 3.98. The van der Waals surface area contributed by atoms with Crippen molar-refractivity contribution in [3.63, 3.8) is 0 Å². The van der Waals surface area contributed by atoms with Gasteiger partial charge in [-0.05, 0) is 92.9 Å². The van der Waals surface area contributed by atoms with E-state index in [2.05, 4.69) is 15.2 Å². The average molecular weight is 599 g/mol. The van der Waals surface area contributed by atoms with Crippen molar-refractivity contribution in [3.8, 4) is 11.4 Å². The van der Waals surface area contributed by atoms with Crippen LogP contribution in [0.15, 0.2) is 72.8 Å². The number of halogens is 3. The Bertz CT molecular complexity index is 1780. The monoisotopic (exact) mass is 598 g/mol. The molecule has 7 rings (SSSR count). The average Bonchev–Trinajstić information content (AvgIpc) is 3.80. The summed E-state index contributed by atoms with van der Waals surface area (Å²) in [6.45, 7) is 4.02. The maximum atomic E-state index is 14.3. The molecule has 1 amide bonds. The Balaban J connectivity index is 1.23. The van der Waals surface area contributed by atoms with Crippen LogP contribution in [-0.4, -0.2) is 62.9 Å². The predicted octanol–water partition coefficient (Wildman–Crippen LogP) is 7.11. The highest BCUT2D eigenvalue weighted by Crippen LogP contribution is 2.32. The summed E-state index contributed by atoms with van der Waals surface area (Å²) in [6, 6.07) is 20.6. The lowest BCUT2D eigenvalue weighted by molar-refractivity contribution is -0.137. The van der Waals surface area contributed by atoms with Gasteiger partial charge in [-0.3, -0.25) is 4.79 Å². The fraction of sp³-hybridized carbons (Fsp3) is 0.324. The second kappa shape index (κ2) is 11.6. The number of nitrogens with one attached hydrogen (secondary N) is 2. The van der Waals surface area contributed by atoms with E-state index in [1.807, 2.05) is 47.4 Å². The number of amides is 1.